The topological polar surface area (TPSA) is 51.8 Å². The van der Waals surface area contributed by atoms with Crippen LogP contribution < -0.4 is 0 Å². The summed E-state index contributed by atoms with van der Waals surface area (Å²) in [7, 11) is 0. The Morgan fingerprint density at radius 2 is 0.909 bits per heavy atom. The predicted molar refractivity (Wildman–Crippen MR) is 272 cm³/mol. The Labute approximate surface area is 384 Å². The highest BCUT2D eigenvalue weighted by molar-refractivity contribution is 6.13. The van der Waals surface area contributed by atoms with E-state index in [-0.39, 0.29) is 5.41 Å². The van der Waals surface area contributed by atoms with E-state index in [1.165, 1.54) is 38.9 Å². The van der Waals surface area contributed by atoms with Gasteiger partial charge < -0.3 is 4.42 Å². The van der Waals surface area contributed by atoms with E-state index in [1.807, 2.05) is 72.8 Å². The molecule has 0 bridgehead atoms. The van der Waals surface area contributed by atoms with Gasteiger partial charge in [-0.15, -0.1) is 0 Å². The third-order valence-electron chi connectivity index (χ3n) is 13.2. The highest BCUT2D eigenvalue weighted by atomic mass is 16.3. The van der Waals surface area contributed by atoms with Crippen molar-refractivity contribution in [3.8, 4) is 67.5 Å². The maximum Gasteiger partial charge on any atom is 0.164 e. The second-order valence-electron chi connectivity index (χ2n) is 17.6. The fourth-order valence-electron chi connectivity index (χ4n) is 9.75. The van der Waals surface area contributed by atoms with Crippen molar-refractivity contribution in [1.29, 1.82) is 0 Å². The molecule has 9 aromatic carbocycles. The van der Waals surface area contributed by atoms with Crippen molar-refractivity contribution < 1.29 is 4.42 Å². The monoisotopic (exact) mass is 845 g/mol. The summed E-state index contributed by atoms with van der Waals surface area (Å²) in [5.74, 6) is 1.84. The molecule has 0 aliphatic heterocycles. The van der Waals surface area contributed by atoms with Crippen LogP contribution in [0.25, 0.3) is 101 Å². The molecule has 0 atom stereocenters. The lowest BCUT2D eigenvalue weighted by molar-refractivity contribution is 0.660. The number of hydrogen-bond acceptors (Lipinski definition) is 4. The number of benzene rings is 9. The molecule has 1 aliphatic rings. The minimum atomic E-state index is -0.0847. The summed E-state index contributed by atoms with van der Waals surface area (Å²) in [6.45, 7) is 4.68. The molecule has 2 heterocycles. The second kappa shape index (κ2) is 16.0. The van der Waals surface area contributed by atoms with Gasteiger partial charge in [-0.05, 0) is 91.0 Å². The SMILES string of the molecule is CC1(C)c2ccccc2-c2ccc(/C=C(\c3ccc(-c4ccccc4)cc3)c3ccc(-c4ccc5oc6cccc(-c7nc(-c8ccccc8)nc(-c8ccccc8)n7)c6c5c4)cc3)cc21. The molecular formula is C62H43N3O. The Balaban J connectivity index is 0.944. The molecule has 0 radical (unpaired) electrons. The van der Waals surface area contributed by atoms with Crippen LogP contribution in [0.1, 0.15) is 41.7 Å². The number of rotatable bonds is 8. The number of fused-ring (bicyclic) bond motifs is 6. The molecule has 12 rings (SSSR count). The molecule has 0 saturated carbocycles. The Morgan fingerprint density at radius 1 is 0.394 bits per heavy atom. The van der Waals surface area contributed by atoms with Crippen LogP contribution in [0.4, 0.5) is 0 Å². The first-order valence-electron chi connectivity index (χ1n) is 22.5. The van der Waals surface area contributed by atoms with Gasteiger partial charge in [0.15, 0.2) is 17.5 Å². The Morgan fingerprint density at radius 3 is 1.56 bits per heavy atom. The van der Waals surface area contributed by atoms with Crippen LogP contribution in [0.15, 0.2) is 223 Å². The molecule has 66 heavy (non-hydrogen) atoms. The van der Waals surface area contributed by atoms with Crippen LogP contribution in [-0.4, -0.2) is 15.0 Å². The van der Waals surface area contributed by atoms with Crippen molar-refractivity contribution in [2.24, 2.45) is 0 Å². The molecule has 4 heteroatoms. The lowest BCUT2D eigenvalue weighted by Crippen LogP contribution is -2.14. The van der Waals surface area contributed by atoms with Gasteiger partial charge in [0.1, 0.15) is 11.2 Å². The van der Waals surface area contributed by atoms with Crippen LogP contribution in [0, 0.1) is 0 Å². The highest BCUT2D eigenvalue weighted by Crippen LogP contribution is 2.49. The van der Waals surface area contributed by atoms with Gasteiger partial charge in [0.2, 0.25) is 0 Å². The zero-order chi connectivity index (χ0) is 44.2. The van der Waals surface area contributed by atoms with E-state index in [2.05, 4.69) is 166 Å². The van der Waals surface area contributed by atoms with E-state index >= 15 is 0 Å². The summed E-state index contributed by atoms with van der Waals surface area (Å²) in [5.41, 5.74) is 18.9. The summed E-state index contributed by atoms with van der Waals surface area (Å²) < 4.78 is 6.51. The van der Waals surface area contributed by atoms with Crippen molar-refractivity contribution in [3.63, 3.8) is 0 Å². The first-order chi connectivity index (χ1) is 32.4. The van der Waals surface area contributed by atoms with Crippen LogP contribution >= 0.6 is 0 Å². The fourth-order valence-corrected chi connectivity index (χ4v) is 9.75. The van der Waals surface area contributed by atoms with Gasteiger partial charge in [-0.1, -0.05) is 214 Å². The average Bonchev–Trinajstić information content (AvgIpc) is 3.87. The molecule has 0 fully saturated rings. The van der Waals surface area contributed by atoms with E-state index in [9.17, 15) is 0 Å². The Bertz CT molecular complexity index is 3570. The van der Waals surface area contributed by atoms with E-state index in [0.29, 0.717) is 17.5 Å². The molecule has 2 aromatic heterocycles. The molecule has 0 spiro atoms. The Kier molecular flexibility index (Phi) is 9.46. The lowest BCUT2D eigenvalue weighted by atomic mass is 9.82. The van der Waals surface area contributed by atoms with Crippen LogP contribution in [0.2, 0.25) is 0 Å². The van der Waals surface area contributed by atoms with E-state index in [4.69, 9.17) is 19.4 Å². The minimum Gasteiger partial charge on any atom is -0.456 e. The van der Waals surface area contributed by atoms with Gasteiger partial charge in [0.25, 0.3) is 0 Å². The standard InChI is InChI=1S/C62H43N3O/c1-62(2)54-23-13-12-21-49(54)50-35-25-40(38-55(50)62)37-52(44-30-26-42(27-31-44)41-15-6-3-7-16-41)45-32-28-43(29-33-45)48-34-36-56-53(39-48)58-51(22-14-24-57(58)66-56)61-64-59(46-17-8-4-9-18-46)63-60(65-61)47-19-10-5-11-20-47/h3-39H,1-2H3/b52-37+. The molecule has 0 unspecified atom stereocenters. The molecule has 11 aromatic rings. The predicted octanol–water partition coefficient (Wildman–Crippen LogP) is 16.0. The summed E-state index contributed by atoms with van der Waals surface area (Å²) in [4.78, 5) is 15.1. The molecule has 312 valence electrons. The number of aromatic nitrogens is 3. The summed E-state index contributed by atoms with van der Waals surface area (Å²) in [6.07, 6.45) is 2.35. The number of nitrogens with zero attached hydrogens (tertiary/aromatic N) is 3. The molecular weight excluding hydrogens is 803 g/mol. The molecule has 0 amide bonds. The maximum atomic E-state index is 6.51. The van der Waals surface area contributed by atoms with E-state index in [1.54, 1.807) is 0 Å². The van der Waals surface area contributed by atoms with E-state index in [0.717, 1.165) is 66.5 Å². The third-order valence-corrected chi connectivity index (χ3v) is 13.2. The number of furan rings is 1. The normalized spacial score (nSPS) is 12.9. The second-order valence-corrected chi connectivity index (χ2v) is 17.6. The summed E-state index contributed by atoms with van der Waals surface area (Å²) in [5, 5.41) is 1.98. The van der Waals surface area contributed by atoms with Crippen LogP contribution in [-0.2, 0) is 5.41 Å². The average molecular weight is 846 g/mol. The minimum absolute atomic E-state index is 0.0847. The smallest absolute Gasteiger partial charge is 0.164 e. The zero-order valence-electron chi connectivity index (χ0n) is 36.6. The van der Waals surface area contributed by atoms with Crippen LogP contribution in [0.3, 0.4) is 0 Å². The van der Waals surface area contributed by atoms with Crippen molar-refractivity contribution in [3.05, 3.63) is 246 Å². The van der Waals surface area contributed by atoms with Gasteiger partial charge in [-0.3, -0.25) is 0 Å². The molecule has 1 aliphatic carbocycles. The van der Waals surface area contributed by atoms with Gasteiger partial charge >= 0.3 is 0 Å². The first kappa shape index (κ1) is 39.1. The van der Waals surface area contributed by atoms with Crippen molar-refractivity contribution in [1.82, 2.24) is 15.0 Å². The van der Waals surface area contributed by atoms with Crippen LogP contribution in [0.5, 0.6) is 0 Å². The lowest BCUT2D eigenvalue weighted by Gasteiger charge is -2.21. The quantitative estimate of drug-likeness (QED) is 0.143. The zero-order valence-corrected chi connectivity index (χ0v) is 36.6. The highest BCUT2D eigenvalue weighted by Gasteiger charge is 2.35. The third kappa shape index (κ3) is 6.91. The fraction of sp³-hybridized carbons (Fsp3) is 0.0484. The van der Waals surface area contributed by atoms with Gasteiger partial charge in [-0.25, -0.2) is 15.0 Å². The van der Waals surface area contributed by atoms with E-state index < -0.39 is 0 Å². The van der Waals surface area contributed by atoms with Crippen molar-refractivity contribution in [2.75, 3.05) is 0 Å². The summed E-state index contributed by atoms with van der Waals surface area (Å²) >= 11 is 0. The van der Waals surface area contributed by atoms with Gasteiger partial charge in [0, 0.05) is 32.9 Å². The molecule has 0 saturated heterocycles. The van der Waals surface area contributed by atoms with Gasteiger partial charge in [0.05, 0.1) is 0 Å². The maximum absolute atomic E-state index is 6.51. The van der Waals surface area contributed by atoms with Crippen molar-refractivity contribution in [2.45, 2.75) is 19.3 Å². The van der Waals surface area contributed by atoms with Crippen molar-refractivity contribution >= 4 is 33.6 Å². The first-order valence-corrected chi connectivity index (χ1v) is 22.5. The largest absolute Gasteiger partial charge is 0.456 e. The summed E-state index contributed by atoms with van der Waals surface area (Å²) in [6, 6.07) is 77.1. The van der Waals surface area contributed by atoms with Gasteiger partial charge in [-0.2, -0.15) is 0 Å². The Hall–Kier alpha value is -8.47. The molecule has 4 nitrogen and oxygen atoms in total. The number of hydrogen-bond donors (Lipinski definition) is 0. The molecule has 0 N–H and O–H groups in total.